The predicted octanol–water partition coefficient (Wildman–Crippen LogP) is 0.677. The van der Waals surface area contributed by atoms with Gasteiger partial charge in [-0.2, -0.15) is 0 Å². The van der Waals surface area contributed by atoms with Gasteiger partial charge in [0.2, 0.25) is 11.8 Å². The van der Waals surface area contributed by atoms with Gasteiger partial charge in [0.05, 0.1) is 6.61 Å². The molecule has 0 aliphatic heterocycles. The van der Waals surface area contributed by atoms with E-state index in [2.05, 4.69) is 10.1 Å². The van der Waals surface area contributed by atoms with Crippen LogP contribution in [0.1, 0.15) is 23.7 Å². The first-order chi connectivity index (χ1) is 8.52. The maximum Gasteiger partial charge on any atom is 0.315 e. The maximum atomic E-state index is 11.5. The van der Waals surface area contributed by atoms with E-state index in [4.69, 9.17) is 5.73 Å². The summed E-state index contributed by atoms with van der Waals surface area (Å²) in [4.78, 5) is 33.4. The molecule has 1 aromatic rings. The lowest BCUT2D eigenvalue weighted by atomic mass is 10.2. The highest BCUT2D eigenvalue weighted by Crippen LogP contribution is 2.10. The Bertz CT molecular complexity index is 471. The first kappa shape index (κ1) is 13.7. The van der Waals surface area contributed by atoms with Crippen LogP contribution in [0.4, 0.5) is 5.69 Å². The minimum Gasteiger partial charge on any atom is -0.466 e. The van der Waals surface area contributed by atoms with E-state index in [1.54, 1.807) is 19.1 Å². The van der Waals surface area contributed by atoms with Crippen LogP contribution in [0, 0.1) is 0 Å². The lowest BCUT2D eigenvalue weighted by molar-refractivity contribution is -0.145. The molecule has 6 heteroatoms. The van der Waals surface area contributed by atoms with Crippen LogP contribution in [0.3, 0.4) is 0 Å². The molecule has 18 heavy (non-hydrogen) atoms. The standard InChI is InChI=1S/C12H14N2O4/c1-2-18-11(16)7-10(15)14-9-5-3-4-8(6-9)12(13)17/h3-6H,2,7H2,1H3,(H2,13,17)(H,14,15). The number of carbonyl (C=O) groups excluding carboxylic acids is 3. The van der Waals surface area contributed by atoms with Crippen molar-refractivity contribution in [3.05, 3.63) is 29.8 Å². The molecule has 0 heterocycles. The number of nitrogens with one attached hydrogen (secondary N) is 1. The van der Waals surface area contributed by atoms with Crippen LogP contribution in [-0.4, -0.2) is 24.4 Å². The van der Waals surface area contributed by atoms with Crippen LogP contribution in [0.25, 0.3) is 0 Å². The van der Waals surface area contributed by atoms with Crippen molar-refractivity contribution >= 4 is 23.5 Å². The summed E-state index contributed by atoms with van der Waals surface area (Å²) in [6.07, 6.45) is -0.366. The Kier molecular flexibility index (Phi) is 4.86. The zero-order valence-electron chi connectivity index (χ0n) is 9.93. The molecule has 0 atom stereocenters. The molecule has 6 nitrogen and oxygen atoms in total. The van der Waals surface area contributed by atoms with Gasteiger partial charge in [-0.3, -0.25) is 14.4 Å². The number of anilines is 1. The van der Waals surface area contributed by atoms with Crippen molar-refractivity contribution in [2.75, 3.05) is 11.9 Å². The van der Waals surface area contributed by atoms with Crippen molar-refractivity contribution < 1.29 is 19.1 Å². The van der Waals surface area contributed by atoms with Crippen molar-refractivity contribution in [2.45, 2.75) is 13.3 Å². The Hall–Kier alpha value is -2.37. The van der Waals surface area contributed by atoms with Crippen LogP contribution < -0.4 is 11.1 Å². The maximum absolute atomic E-state index is 11.5. The minimum atomic E-state index is -0.596. The van der Waals surface area contributed by atoms with Crippen molar-refractivity contribution in [2.24, 2.45) is 5.73 Å². The number of hydrogen-bond acceptors (Lipinski definition) is 4. The molecule has 1 aromatic carbocycles. The number of nitrogens with two attached hydrogens (primary N) is 1. The summed E-state index contributed by atoms with van der Waals surface area (Å²) in [5, 5.41) is 2.48. The monoisotopic (exact) mass is 250 g/mol. The van der Waals surface area contributed by atoms with Crippen LogP contribution >= 0.6 is 0 Å². The van der Waals surface area contributed by atoms with Gasteiger partial charge in [-0.25, -0.2) is 0 Å². The van der Waals surface area contributed by atoms with E-state index < -0.39 is 17.8 Å². The largest absolute Gasteiger partial charge is 0.466 e. The SMILES string of the molecule is CCOC(=O)CC(=O)Nc1cccc(C(N)=O)c1. The first-order valence-corrected chi connectivity index (χ1v) is 5.38. The highest BCUT2D eigenvalue weighted by molar-refractivity contribution is 6.02. The van der Waals surface area contributed by atoms with Gasteiger partial charge in [0, 0.05) is 11.3 Å². The lowest BCUT2D eigenvalue weighted by Crippen LogP contribution is -2.18. The molecule has 0 radical (unpaired) electrons. The van der Waals surface area contributed by atoms with Gasteiger partial charge >= 0.3 is 5.97 Å². The van der Waals surface area contributed by atoms with E-state index in [0.717, 1.165) is 0 Å². The summed E-state index contributed by atoms with van der Waals surface area (Å²) in [6.45, 7) is 1.88. The van der Waals surface area contributed by atoms with Gasteiger partial charge < -0.3 is 15.8 Å². The average Bonchev–Trinajstić information content (AvgIpc) is 2.29. The third-order valence-corrected chi connectivity index (χ3v) is 2.04. The topological polar surface area (TPSA) is 98.5 Å². The second-order valence-corrected chi connectivity index (χ2v) is 3.48. The second-order valence-electron chi connectivity index (χ2n) is 3.48. The van der Waals surface area contributed by atoms with Gasteiger partial charge in [0.1, 0.15) is 6.42 Å². The molecule has 0 spiro atoms. The highest BCUT2D eigenvalue weighted by atomic mass is 16.5. The van der Waals surface area contributed by atoms with Crippen LogP contribution in [0.15, 0.2) is 24.3 Å². The van der Waals surface area contributed by atoms with Gasteiger partial charge in [-0.1, -0.05) is 6.07 Å². The van der Waals surface area contributed by atoms with Crippen molar-refractivity contribution in [3.63, 3.8) is 0 Å². The summed E-state index contributed by atoms with van der Waals surface area (Å²) in [6, 6.07) is 6.14. The molecule has 0 saturated carbocycles. The lowest BCUT2D eigenvalue weighted by Gasteiger charge is -2.06. The molecule has 0 unspecified atom stereocenters. The highest BCUT2D eigenvalue weighted by Gasteiger charge is 2.10. The fourth-order valence-corrected chi connectivity index (χ4v) is 1.30. The Morgan fingerprint density at radius 1 is 1.33 bits per heavy atom. The molecule has 2 amide bonds. The summed E-state index contributed by atoms with van der Waals surface area (Å²) in [5.41, 5.74) is 5.79. The smallest absolute Gasteiger partial charge is 0.315 e. The Morgan fingerprint density at radius 2 is 2.06 bits per heavy atom. The van der Waals surface area contributed by atoms with Crippen LogP contribution in [0.5, 0.6) is 0 Å². The zero-order valence-corrected chi connectivity index (χ0v) is 9.93. The van der Waals surface area contributed by atoms with E-state index >= 15 is 0 Å². The number of amides is 2. The summed E-state index contributed by atoms with van der Waals surface area (Å²) < 4.78 is 4.64. The molecule has 0 fully saturated rings. The van der Waals surface area contributed by atoms with E-state index in [1.165, 1.54) is 12.1 Å². The average molecular weight is 250 g/mol. The van der Waals surface area contributed by atoms with E-state index in [0.29, 0.717) is 5.69 Å². The van der Waals surface area contributed by atoms with Gasteiger partial charge in [-0.05, 0) is 25.1 Å². The molecule has 0 aliphatic carbocycles. The number of carbonyl (C=O) groups is 3. The molecule has 1 rings (SSSR count). The van der Waals surface area contributed by atoms with E-state index in [9.17, 15) is 14.4 Å². The molecule has 0 saturated heterocycles. The number of hydrogen-bond donors (Lipinski definition) is 2. The fourth-order valence-electron chi connectivity index (χ4n) is 1.30. The fraction of sp³-hybridized carbons (Fsp3) is 0.250. The Morgan fingerprint density at radius 3 is 2.67 bits per heavy atom. The molecular formula is C12H14N2O4. The molecular weight excluding hydrogens is 236 g/mol. The number of esters is 1. The number of rotatable bonds is 5. The molecule has 3 N–H and O–H groups in total. The number of benzene rings is 1. The summed E-state index contributed by atoms with van der Waals surface area (Å²) in [5.74, 6) is -1.69. The van der Waals surface area contributed by atoms with E-state index in [1.807, 2.05) is 0 Å². The van der Waals surface area contributed by atoms with Crippen molar-refractivity contribution in [1.29, 1.82) is 0 Å². The predicted molar refractivity (Wildman–Crippen MR) is 64.8 cm³/mol. The molecule has 0 bridgehead atoms. The van der Waals surface area contributed by atoms with Crippen LogP contribution in [0.2, 0.25) is 0 Å². The number of ether oxygens (including phenoxy) is 1. The van der Waals surface area contributed by atoms with Gasteiger partial charge in [0.25, 0.3) is 0 Å². The normalized spacial score (nSPS) is 9.61. The van der Waals surface area contributed by atoms with Crippen molar-refractivity contribution in [1.82, 2.24) is 0 Å². The Labute approximate surface area is 104 Å². The first-order valence-electron chi connectivity index (χ1n) is 5.38. The van der Waals surface area contributed by atoms with Crippen molar-refractivity contribution in [3.8, 4) is 0 Å². The quantitative estimate of drug-likeness (QED) is 0.593. The van der Waals surface area contributed by atoms with Gasteiger partial charge in [0.15, 0.2) is 0 Å². The second kappa shape index (κ2) is 6.39. The number of primary amides is 1. The van der Waals surface area contributed by atoms with E-state index in [-0.39, 0.29) is 18.6 Å². The van der Waals surface area contributed by atoms with Gasteiger partial charge in [-0.15, -0.1) is 0 Å². The minimum absolute atomic E-state index is 0.225. The Balaban J connectivity index is 2.62. The third-order valence-electron chi connectivity index (χ3n) is 2.04. The molecule has 96 valence electrons. The third kappa shape index (κ3) is 4.25. The molecule has 0 aromatic heterocycles. The zero-order chi connectivity index (χ0) is 13.5. The molecule has 0 aliphatic rings. The van der Waals surface area contributed by atoms with Crippen LogP contribution in [-0.2, 0) is 14.3 Å². The summed E-state index contributed by atoms with van der Waals surface area (Å²) >= 11 is 0. The summed E-state index contributed by atoms with van der Waals surface area (Å²) in [7, 11) is 0.